The molecule has 0 saturated carbocycles. The zero-order valence-corrected chi connectivity index (χ0v) is 21.1. The van der Waals surface area contributed by atoms with Crippen molar-refractivity contribution in [1.29, 1.82) is 0 Å². The number of sulfone groups is 1. The molecule has 1 aliphatic rings. The molecule has 190 valence electrons. The van der Waals surface area contributed by atoms with E-state index in [9.17, 15) is 22.8 Å². The van der Waals surface area contributed by atoms with Gasteiger partial charge in [-0.1, -0.05) is 24.3 Å². The van der Waals surface area contributed by atoms with E-state index < -0.39 is 15.8 Å². The number of aromatic nitrogens is 2. The van der Waals surface area contributed by atoms with Crippen LogP contribution < -0.4 is 15.6 Å². The van der Waals surface area contributed by atoms with Gasteiger partial charge in [0.25, 0.3) is 5.56 Å². The number of hydrogen-bond donors (Lipinski definition) is 2. The quantitative estimate of drug-likeness (QED) is 0.377. The minimum atomic E-state index is -3.50. The minimum absolute atomic E-state index is 0.132. The van der Waals surface area contributed by atoms with Gasteiger partial charge in [0, 0.05) is 48.6 Å². The van der Waals surface area contributed by atoms with Gasteiger partial charge in [-0.2, -0.15) is 0 Å². The average Bonchev–Trinajstić information content (AvgIpc) is 3.35. The van der Waals surface area contributed by atoms with Crippen molar-refractivity contribution in [3.8, 4) is 16.9 Å². The first-order valence-electron chi connectivity index (χ1n) is 11.7. The molecule has 2 aromatic heterocycles. The molecule has 4 aromatic rings. The minimum Gasteiger partial charge on any atom is -0.488 e. The number of hydrogen-bond acceptors (Lipinski definition) is 6. The van der Waals surface area contributed by atoms with Gasteiger partial charge in [0.05, 0.1) is 10.8 Å². The molecule has 1 atom stereocenters. The molecule has 1 fully saturated rings. The number of imide groups is 1. The number of fused-ring (bicyclic) bond motifs is 1. The molecule has 10 heteroatoms. The average molecular weight is 520 g/mol. The van der Waals surface area contributed by atoms with Crippen LogP contribution in [-0.2, 0) is 33.1 Å². The maximum absolute atomic E-state index is 12.6. The molecule has 2 N–H and O–H groups in total. The normalized spacial score (nSPS) is 16.1. The summed E-state index contributed by atoms with van der Waals surface area (Å²) >= 11 is 0. The molecule has 3 heterocycles. The third kappa shape index (κ3) is 4.79. The van der Waals surface area contributed by atoms with Crippen molar-refractivity contribution in [3.05, 3.63) is 82.4 Å². The predicted molar refractivity (Wildman–Crippen MR) is 138 cm³/mol. The molecule has 0 radical (unpaired) electrons. The Kier molecular flexibility index (Phi) is 6.20. The Balaban J connectivity index is 1.51. The number of rotatable bonds is 6. The highest BCUT2D eigenvalue weighted by atomic mass is 32.2. The number of carbonyl (C=O) groups excluding carboxylic acids is 2. The number of nitrogens with one attached hydrogen (secondary N) is 2. The molecular weight excluding hydrogens is 494 g/mol. The Morgan fingerprint density at radius 2 is 1.86 bits per heavy atom. The standard InChI is InChI=1S/C27H25N3O6S/c1-30-14-22(20-10-11-28-25(20)27(30)33)21-13-18(37(2,34)35)6-8-23(21)36-15-16-4-3-5-17(12-16)19-7-9-24(31)29-26(19)32/h3-6,8,10-14,19,28H,7,9,15H2,1-2H3,(H,29,31,32). The number of pyridine rings is 1. The highest BCUT2D eigenvalue weighted by Crippen LogP contribution is 2.36. The lowest BCUT2D eigenvalue weighted by Gasteiger charge is -2.21. The van der Waals surface area contributed by atoms with Crippen LogP contribution in [0.2, 0.25) is 0 Å². The number of amides is 2. The van der Waals surface area contributed by atoms with Crippen molar-refractivity contribution in [2.45, 2.75) is 30.3 Å². The van der Waals surface area contributed by atoms with Crippen molar-refractivity contribution < 1.29 is 22.7 Å². The van der Waals surface area contributed by atoms with Gasteiger partial charge in [-0.25, -0.2) is 8.42 Å². The molecule has 1 saturated heterocycles. The molecule has 0 spiro atoms. The van der Waals surface area contributed by atoms with E-state index in [4.69, 9.17) is 4.74 Å². The largest absolute Gasteiger partial charge is 0.488 e. The molecule has 2 amide bonds. The fourth-order valence-electron chi connectivity index (χ4n) is 4.63. The van der Waals surface area contributed by atoms with Crippen molar-refractivity contribution in [3.63, 3.8) is 0 Å². The van der Waals surface area contributed by atoms with Crippen LogP contribution >= 0.6 is 0 Å². The lowest BCUT2D eigenvalue weighted by molar-refractivity contribution is -0.134. The second kappa shape index (κ2) is 9.36. The third-order valence-corrected chi connectivity index (χ3v) is 7.66. The maximum Gasteiger partial charge on any atom is 0.274 e. The summed E-state index contributed by atoms with van der Waals surface area (Å²) in [5, 5.41) is 3.04. The molecule has 1 aliphatic heterocycles. The van der Waals surface area contributed by atoms with Crippen molar-refractivity contribution in [2.24, 2.45) is 7.05 Å². The van der Waals surface area contributed by atoms with E-state index >= 15 is 0 Å². The summed E-state index contributed by atoms with van der Waals surface area (Å²) in [4.78, 5) is 39.5. The van der Waals surface area contributed by atoms with E-state index in [1.54, 1.807) is 37.6 Å². The first kappa shape index (κ1) is 24.5. The number of nitrogens with zero attached hydrogens (tertiary/aromatic N) is 1. The molecule has 0 bridgehead atoms. The van der Waals surface area contributed by atoms with Crippen LogP contribution in [-0.4, -0.2) is 36.0 Å². The van der Waals surface area contributed by atoms with Crippen molar-refractivity contribution >= 4 is 32.6 Å². The highest BCUT2D eigenvalue weighted by molar-refractivity contribution is 7.90. The molecule has 37 heavy (non-hydrogen) atoms. The second-order valence-electron chi connectivity index (χ2n) is 9.19. The van der Waals surface area contributed by atoms with E-state index in [0.29, 0.717) is 40.6 Å². The summed E-state index contributed by atoms with van der Waals surface area (Å²) in [5.74, 6) is -0.534. The fraction of sp³-hybridized carbons (Fsp3) is 0.222. The van der Waals surface area contributed by atoms with Gasteiger partial charge < -0.3 is 14.3 Å². The van der Waals surface area contributed by atoms with E-state index in [1.165, 1.54) is 10.6 Å². The Hall–Kier alpha value is -4.18. The van der Waals surface area contributed by atoms with Gasteiger partial charge in [0.2, 0.25) is 11.8 Å². The van der Waals surface area contributed by atoms with Crippen molar-refractivity contribution in [1.82, 2.24) is 14.9 Å². The van der Waals surface area contributed by atoms with Gasteiger partial charge in [-0.05, 0) is 41.8 Å². The second-order valence-corrected chi connectivity index (χ2v) is 11.2. The van der Waals surface area contributed by atoms with Gasteiger partial charge in [-0.3, -0.25) is 19.7 Å². The Morgan fingerprint density at radius 3 is 2.62 bits per heavy atom. The number of H-pyrrole nitrogens is 1. The monoisotopic (exact) mass is 519 g/mol. The maximum atomic E-state index is 12.6. The van der Waals surface area contributed by atoms with Crippen molar-refractivity contribution in [2.75, 3.05) is 6.26 Å². The molecule has 2 aromatic carbocycles. The smallest absolute Gasteiger partial charge is 0.274 e. The number of benzene rings is 2. The van der Waals surface area contributed by atoms with Gasteiger partial charge in [-0.15, -0.1) is 0 Å². The first-order chi connectivity index (χ1) is 17.6. The van der Waals surface area contributed by atoms with Crippen LogP contribution in [0.1, 0.15) is 29.9 Å². The van der Waals surface area contributed by atoms with E-state index in [0.717, 1.165) is 17.4 Å². The number of aromatic amines is 1. The van der Waals surface area contributed by atoms with Crippen LogP contribution in [0.15, 0.2) is 70.6 Å². The zero-order chi connectivity index (χ0) is 26.3. The first-order valence-corrected chi connectivity index (χ1v) is 13.6. The third-order valence-electron chi connectivity index (χ3n) is 6.55. The summed E-state index contributed by atoms with van der Waals surface area (Å²) in [6, 6.07) is 13.9. The number of ether oxygens (including phenoxy) is 1. The van der Waals surface area contributed by atoms with Gasteiger partial charge in [0.15, 0.2) is 9.84 Å². The lowest BCUT2D eigenvalue weighted by atomic mass is 9.90. The SMILES string of the molecule is Cn1cc(-c2cc(S(C)(=O)=O)ccc2OCc2cccc(C3CCC(=O)NC3=O)c2)c2cc[nH]c2c1=O. The Morgan fingerprint density at radius 1 is 1.05 bits per heavy atom. The summed E-state index contributed by atoms with van der Waals surface area (Å²) in [5.41, 5.74) is 3.00. The van der Waals surface area contributed by atoms with Crippen LogP contribution in [0.5, 0.6) is 5.75 Å². The van der Waals surface area contributed by atoms with Gasteiger partial charge >= 0.3 is 0 Å². The summed E-state index contributed by atoms with van der Waals surface area (Å²) in [7, 11) is -1.86. The van der Waals surface area contributed by atoms with Crippen LogP contribution in [0.25, 0.3) is 22.0 Å². The fourth-order valence-corrected chi connectivity index (χ4v) is 5.28. The molecule has 1 unspecified atom stereocenters. The summed E-state index contributed by atoms with van der Waals surface area (Å²) in [6.45, 7) is 0.161. The number of carbonyl (C=O) groups is 2. The van der Waals surface area contributed by atoms with Crippen LogP contribution in [0.3, 0.4) is 0 Å². The zero-order valence-electron chi connectivity index (χ0n) is 20.3. The molecule has 5 rings (SSSR count). The van der Waals surface area contributed by atoms with Gasteiger partial charge in [0.1, 0.15) is 17.9 Å². The Labute approximate surface area is 213 Å². The van der Waals surface area contributed by atoms with Crippen LogP contribution in [0, 0.1) is 0 Å². The number of aryl methyl sites for hydroxylation is 1. The van der Waals surface area contributed by atoms with E-state index in [-0.39, 0.29) is 28.9 Å². The summed E-state index contributed by atoms with van der Waals surface area (Å²) in [6.07, 6.45) is 5.21. The van der Waals surface area contributed by atoms with E-state index in [1.807, 2.05) is 24.3 Å². The Bertz CT molecular complexity index is 1720. The molecule has 9 nitrogen and oxygen atoms in total. The lowest BCUT2D eigenvalue weighted by Crippen LogP contribution is -2.39. The predicted octanol–water partition coefficient (Wildman–Crippen LogP) is 3.04. The van der Waals surface area contributed by atoms with E-state index in [2.05, 4.69) is 10.3 Å². The topological polar surface area (TPSA) is 127 Å². The summed E-state index contributed by atoms with van der Waals surface area (Å²) < 4.78 is 32.3. The van der Waals surface area contributed by atoms with Crippen LogP contribution in [0.4, 0.5) is 0 Å². The highest BCUT2D eigenvalue weighted by Gasteiger charge is 2.28. The molecular formula is C27H25N3O6S. The number of piperidine rings is 1. The molecule has 0 aliphatic carbocycles.